The molecule has 1 N–H and O–H groups in total. The van der Waals surface area contributed by atoms with Gasteiger partial charge in [0, 0.05) is 56.4 Å². The fourth-order valence-electron chi connectivity index (χ4n) is 4.10. The lowest BCUT2D eigenvalue weighted by Crippen LogP contribution is -2.32. The van der Waals surface area contributed by atoms with Crippen molar-refractivity contribution in [2.75, 3.05) is 45.2 Å². The highest BCUT2D eigenvalue weighted by molar-refractivity contribution is 5.50. The maximum atomic E-state index is 4.68. The van der Waals surface area contributed by atoms with Crippen molar-refractivity contribution in [3.63, 3.8) is 0 Å². The summed E-state index contributed by atoms with van der Waals surface area (Å²) in [6.07, 6.45) is 6.74. The highest BCUT2D eigenvalue weighted by Crippen LogP contribution is 2.27. The van der Waals surface area contributed by atoms with E-state index in [0.717, 1.165) is 57.1 Å². The van der Waals surface area contributed by atoms with E-state index in [1.54, 1.807) is 12.7 Å². The molecule has 0 amide bonds. The minimum Gasteiger partial charge on any atom is -0.355 e. The summed E-state index contributed by atoms with van der Waals surface area (Å²) < 4.78 is 0. The van der Waals surface area contributed by atoms with Crippen molar-refractivity contribution in [2.45, 2.75) is 38.8 Å². The van der Waals surface area contributed by atoms with E-state index in [9.17, 15) is 0 Å². The third kappa shape index (κ3) is 3.46. The molecule has 0 spiro atoms. The average Bonchev–Trinajstić information content (AvgIpc) is 3.22. The topological polar surface area (TPSA) is 64.2 Å². The summed E-state index contributed by atoms with van der Waals surface area (Å²) in [5.41, 5.74) is 4.90. The fourth-order valence-corrected chi connectivity index (χ4v) is 4.10. The van der Waals surface area contributed by atoms with E-state index in [1.807, 2.05) is 0 Å². The molecule has 0 bridgehead atoms. The first-order valence-corrected chi connectivity index (χ1v) is 9.57. The van der Waals surface area contributed by atoms with Crippen LogP contribution in [0.4, 0.5) is 5.82 Å². The summed E-state index contributed by atoms with van der Waals surface area (Å²) in [4.78, 5) is 24.2. The lowest BCUT2D eigenvalue weighted by atomic mass is 10.1. The zero-order valence-electron chi connectivity index (χ0n) is 16.1. The van der Waals surface area contributed by atoms with Crippen LogP contribution in [0, 0.1) is 6.92 Å². The fraction of sp³-hybridized carbons (Fsp3) is 0.632. The van der Waals surface area contributed by atoms with Gasteiger partial charge >= 0.3 is 0 Å². The lowest BCUT2D eigenvalue weighted by molar-refractivity contribution is 0.275. The molecular weight excluding hydrogens is 326 g/mol. The summed E-state index contributed by atoms with van der Waals surface area (Å²) in [6, 6.07) is 0.616. The SMILES string of the molecule is Cc1[nH]cnc1CN1CCc2ncnc(N3CC[C@@H](N(C)C)C3)c2CC1. The maximum Gasteiger partial charge on any atom is 0.135 e. The molecule has 0 unspecified atom stereocenters. The second kappa shape index (κ2) is 7.32. The zero-order chi connectivity index (χ0) is 18.1. The number of H-pyrrole nitrogens is 1. The average molecular weight is 355 g/mol. The smallest absolute Gasteiger partial charge is 0.135 e. The number of aromatic nitrogens is 4. The van der Waals surface area contributed by atoms with Crippen LogP contribution in [0.15, 0.2) is 12.7 Å². The second-order valence-electron chi connectivity index (χ2n) is 7.73. The Kier molecular flexibility index (Phi) is 4.91. The van der Waals surface area contributed by atoms with Gasteiger partial charge in [-0.2, -0.15) is 0 Å². The van der Waals surface area contributed by atoms with Gasteiger partial charge in [-0.05, 0) is 33.9 Å². The quantitative estimate of drug-likeness (QED) is 0.891. The van der Waals surface area contributed by atoms with E-state index in [2.05, 4.69) is 55.7 Å². The van der Waals surface area contributed by atoms with Gasteiger partial charge in [0.2, 0.25) is 0 Å². The number of nitrogens with zero attached hydrogens (tertiary/aromatic N) is 6. The summed E-state index contributed by atoms with van der Waals surface area (Å²) >= 11 is 0. The molecule has 2 aromatic heterocycles. The summed E-state index contributed by atoms with van der Waals surface area (Å²) in [5.74, 6) is 1.16. The molecule has 140 valence electrons. The summed E-state index contributed by atoms with van der Waals surface area (Å²) in [7, 11) is 4.34. The molecule has 2 aliphatic rings. The minimum atomic E-state index is 0.616. The van der Waals surface area contributed by atoms with Crippen molar-refractivity contribution < 1.29 is 0 Å². The van der Waals surface area contributed by atoms with Crippen molar-refractivity contribution in [1.29, 1.82) is 0 Å². The first-order valence-electron chi connectivity index (χ1n) is 9.57. The molecule has 0 saturated carbocycles. The minimum absolute atomic E-state index is 0.616. The van der Waals surface area contributed by atoms with Crippen molar-refractivity contribution in [1.82, 2.24) is 29.7 Å². The molecule has 2 aromatic rings. The van der Waals surface area contributed by atoms with Gasteiger partial charge in [-0.3, -0.25) is 4.90 Å². The third-order valence-electron chi connectivity index (χ3n) is 5.86. The molecule has 1 atom stereocenters. The Morgan fingerprint density at radius 1 is 1.15 bits per heavy atom. The van der Waals surface area contributed by atoms with E-state index in [-0.39, 0.29) is 0 Å². The number of anilines is 1. The number of fused-ring (bicyclic) bond motifs is 1. The van der Waals surface area contributed by atoms with E-state index < -0.39 is 0 Å². The molecule has 1 fully saturated rings. The standard InChI is InChI=1S/C19H29N7/c1-14-18(22-12-20-14)11-25-7-5-16-17(6-8-25)21-13-23-19(16)26-9-4-15(10-26)24(2)3/h12-13,15H,4-11H2,1-3H3,(H,20,22)/t15-/m1/s1. The van der Waals surface area contributed by atoms with Crippen LogP contribution in [0.3, 0.4) is 0 Å². The molecule has 0 aromatic carbocycles. The van der Waals surface area contributed by atoms with Crippen LogP contribution in [0.2, 0.25) is 0 Å². The third-order valence-corrected chi connectivity index (χ3v) is 5.86. The maximum absolute atomic E-state index is 4.68. The first kappa shape index (κ1) is 17.4. The molecule has 26 heavy (non-hydrogen) atoms. The predicted molar refractivity (Wildman–Crippen MR) is 102 cm³/mol. The number of rotatable bonds is 4. The number of imidazole rings is 1. The molecule has 0 radical (unpaired) electrons. The van der Waals surface area contributed by atoms with Crippen LogP contribution >= 0.6 is 0 Å². The zero-order valence-corrected chi connectivity index (χ0v) is 16.1. The second-order valence-corrected chi connectivity index (χ2v) is 7.73. The molecule has 1 saturated heterocycles. The van der Waals surface area contributed by atoms with E-state index >= 15 is 0 Å². The van der Waals surface area contributed by atoms with Crippen LogP contribution in [-0.4, -0.2) is 76.1 Å². The van der Waals surface area contributed by atoms with Gasteiger partial charge in [-0.15, -0.1) is 0 Å². The number of nitrogens with one attached hydrogen (secondary N) is 1. The van der Waals surface area contributed by atoms with Gasteiger partial charge in [0.05, 0.1) is 17.7 Å². The van der Waals surface area contributed by atoms with E-state index in [0.29, 0.717) is 6.04 Å². The number of hydrogen-bond donors (Lipinski definition) is 1. The van der Waals surface area contributed by atoms with Crippen molar-refractivity contribution in [2.24, 2.45) is 0 Å². The Labute approximate surface area is 155 Å². The lowest BCUT2D eigenvalue weighted by Gasteiger charge is -2.23. The van der Waals surface area contributed by atoms with Crippen LogP contribution < -0.4 is 4.90 Å². The molecule has 2 aliphatic heterocycles. The Bertz CT molecular complexity index is 754. The number of aromatic amines is 1. The van der Waals surface area contributed by atoms with Crippen molar-refractivity contribution in [3.05, 3.63) is 35.3 Å². The molecule has 7 nitrogen and oxygen atoms in total. The van der Waals surface area contributed by atoms with Crippen LogP contribution in [0.1, 0.15) is 29.1 Å². The van der Waals surface area contributed by atoms with E-state index in [1.165, 1.54) is 23.4 Å². The van der Waals surface area contributed by atoms with Crippen LogP contribution in [0.5, 0.6) is 0 Å². The first-order chi connectivity index (χ1) is 12.6. The highest BCUT2D eigenvalue weighted by atomic mass is 15.3. The van der Waals surface area contributed by atoms with Gasteiger partial charge in [-0.1, -0.05) is 0 Å². The molecule has 4 heterocycles. The van der Waals surface area contributed by atoms with Gasteiger partial charge in [-0.25, -0.2) is 15.0 Å². The van der Waals surface area contributed by atoms with Crippen molar-refractivity contribution in [3.8, 4) is 0 Å². The van der Waals surface area contributed by atoms with Gasteiger partial charge in [0.25, 0.3) is 0 Å². The van der Waals surface area contributed by atoms with Gasteiger partial charge < -0.3 is 14.8 Å². The highest BCUT2D eigenvalue weighted by Gasteiger charge is 2.28. The van der Waals surface area contributed by atoms with E-state index in [4.69, 9.17) is 0 Å². The van der Waals surface area contributed by atoms with Crippen LogP contribution in [-0.2, 0) is 19.4 Å². The monoisotopic (exact) mass is 355 g/mol. The van der Waals surface area contributed by atoms with Crippen molar-refractivity contribution >= 4 is 5.82 Å². The van der Waals surface area contributed by atoms with Gasteiger partial charge in [0.15, 0.2) is 0 Å². The Morgan fingerprint density at radius 3 is 2.73 bits per heavy atom. The molecule has 7 heteroatoms. The van der Waals surface area contributed by atoms with Gasteiger partial charge in [0.1, 0.15) is 12.1 Å². The summed E-state index contributed by atoms with van der Waals surface area (Å²) in [5, 5.41) is 0. The molecule has 0 aliphatic carbocycles. The number of aryl methyl sites for hydroxylation is 1. The Balaban J connectivity index is 1.49. The Morgan fingerprint density at radius 2 is 2.00 bits per heavy atom. The number of likely N-dealkylation sites (N-methyl/N-ethyl adjacent to an activating group) is 1. The molecular formula is C19H29N7. The normalized spacial score (nSPS) is 21.2. The molecule has 4 rings (SSSR count). The summed E-state index contributed by atoms with van der Waals surface area (Å²) in [6.45, 7) is 7.20. The Hall–Kier alpha value is -1.99. The largest absolute Gasteiger partial charge is 0.355 e. The number of hydrogen-bond acceptors (Lipinski definition) is 6. The predicted octanol–water partition coefficient (Wildman–Crippen LogP) is 1.25. The van der Waals surface area contributed by atoms with Crippen LogP contribution in [0.25, 0.3) is 0 Å².